The number of alkyl halides is 6. The van der Waals surface area contributed by atoms with Gasteiger partial charge in [-0.2, -0.15) is 26.3 Å². The Labute approximate surface area is 261 Å². The SMILES string of the molecule is COc1cccc(-c2cnc([C@H](CCCCCC(C)=O)NC(=O)[C@H]3CCCN(C)C3)[nH]2)c1.O=C(O)C(F)(F)F.O=C(O)C(F)(F)F. The fourth-order valence-corrected chi connectivity index (χ4v) is 4.30. The Balaban J connectivity index is 0.000000629. The van der Waals surface area contributed by atoms with Gasteiger partial charge in [-0.05, 0) is 58.3 Å². The first-order valence-corrected chi connectivity index (χ1v) is 14.1. The number of aliphatic carboxylic acids is 2. The monoisotopic (exact) mass is 668 g/mol. The van der Waals surface area contributed by atoms with Crippen molar-refractivity contribution >= 4 is 23.6 Å². The number of ketones is 1. The first-order chi connectivity index (χ1) is 21.3. The van der Waals surface area contributed by atoms with Crippen molar-refractivity contribution in [1.29, 1.82) is 0 Å². The van der Waals surface area contributed by atoms with Gasteiger partial charge in [0.2, 0.25) is 5.91 Å². The van der Waals surface area contributed by atoms with E-state index in [2.05, 4.69) is 27.2 Å². The lowest BCUT2D eigenvalue weighted by Gasteiger charge is -2.30. The largest absolute Gasteiger partial charge is 0.497 e. The van der Waals surface area contributed by atoms with Crippen LogP contribution in [0.2, 0.25) is 0 Å². The minimum Gasteiger partial charge on any atom is -0.497 e. The van der Waals surface area contributed by atoms with Crippen molar-refractivity contribution in [2.75, 3.05) is 27.2 Å². The van der Waals surface area contributed by atoms with E-state index >= 15 is 0 Å². The zero-order valence-electron chi connectivity index (χ0n) is 25.5. The Bertz CT molecular complexity index is 1260. The van der Waals surface area contributed by atoms with E-state index in [4.69, 9.17) is 24.5 Å². The highest BCUT2D eigenvalue weighted by atomic mass is 19.4. The molecule has 1 aromatic carbocycles. The van der Waals surface area contributed by atoms with E-state index in [9.17, 15) is 35.9 Å². The predicted octanol–water partition coefficient (Wildman–Crippen LogP) is 5.39. The van der Waals surface area contributed by atoms with E-state index in [0.29, 0.717) is 6.42 Å². The van der Waals surface area contributed by atoms with Crippen LogP contribution in [0.4, 0.5) is 26.3 Å². The number of carboxylic acids is 2. The lowest BCUT2D eigenvalue weighted by Crippen LogP contribution is -2.42. The fraction of sp³-hybridized carbons (Fsp3) is 0.552. The van der Waals surface area contributed by atoms with Crippen LogP contribution in [0.25, 0.3) is 11.3 Å². The molecule has 1 fully saturated rings. The minimum atomic E-state index is -5.08. The topological polar surface area (TPSA) is 162 Å². The first kappa shape index (κ1) is 39.9. The Morgan fingerprint density at radius 2 is 1.67 bits per heavy atom. The summed E-state index contributed by atoms with van der Waals surface area (Å²) in [5.41, 5.74) is 1.88. The Morgan fingerprint density at radius 1 is 1.07 bits per heavy atom. The first-order valence-electron chi connectivity index (χ1n) is 14.1. The van der Waals surface area contributed by atoms with Gasteiger partial charge in [-0.3, -0.25) is 4.79 Å². The molecule has 0 saturated carbocycles. The van der Waals surface area contributed by atoms with Crippen LogP contribution in [-0.2, 0) is 19.2 Å². The van der Waals surface area contributed by atoms with Crippen LogP contribution in [0.15, 0.2) is 30.5 Å². The van der Waals surface area contributed by atoms with Gasteiger partial charge in [-0.1, -0.05) is 25.0 Å². The predicted molar refractivity (Wildman–Crippen MR) is 153 cm³/mol. The Kier molecular flexibility index (Phi) is 16.2. The molecule has 2 aromatic rings. The third-order valence-electron chi connectivity index (χ3n) is 6.62. The van der Waals surface area contributed by atoms with Crippen molar-refractivity contribution in [1.82, 2.24) is 20.2 Å². The molecule has 2 heterocycles. The second kappa shape index (κ2) is 18.7. The molecule has 0 unspecified atom stereocenters. The summed E-state index contributed by atoms with van der Waals surface area (Å²) in [6.07, 6.45) is -2.20. The van der Waals surface area contributed by atoms with E-state index in [1.165, 1.54) is 0 Å². The number of nitrogens with one attached hydrogen (secondary N) is 2. The van der Waals surface area contributed by atoms with Gasteiger partial charge in [-0.25, -0.2) is 14.6 Å². The maximum Gasteiger partial charge on any atom is 0.490 e. The number of piperidine rings is 1. The highest BCUT2D eigenvalue weighted by Crippen LogP contribution is 2.26. The standard InChI is InChI=1S/C25H36N4O3.2C2HF3O2/c1-18(30)9-5-4-6-13-22(28-25(31)20-11-8-14-29(2)17-20)24-26-16-23(27-24)19-10-7-12-21(15-19)32-3;2*3-2(4,5)1(6)7/h7,10,12,15-16,20,22H,4-6,8-9,11,13-14,17H2,1-3H3,(H,26,27)(H,28,31);2*(H,6,7)/t20-,22-;;/m0../s1. The molecule has 258 valence electrons. The molecule has 1 aliphatic rings. The summed E-state index contributed by atoms with van der Waals surface area (Å²) in [5, 5.41) is 17.5. The van der Waals surface area contributed by atoms with Gasteiger partial charge >= 0.3 is 24.3 Å². The van der Waals surface area contributed by atoms with Gasteiger partial charge in [0.15, 0.2) is 0 Å². The van der Waals surface area contributed by atoms with Crippen LogP contribution in [-0.4, -0.2) is 88.3 Å². The molecular formula is C29H38F6N4O7. The molecule has 1 amide bonds. The number of aromatic nitrogens is 2. The van der Waals surface area contributed by atoms with Gasteiger partial charge in [0.25, 0.3) is 0 Å². The van der Waals surface area contributed by atoms with E-state index in [1.54, 1.807) is 14.0 Å². The average Bonchev–Trinajstić information content (AvgIpc) is 3.46. The third-order valence-corrected chi connectivity index (χ3v) is 6.62. The van der Waals surface area contributed by atoms with Gasteiger partial charge in [0.1, 0.15) is 17.4 Å². The quantitative estimate of drug-likeness (QED) is 0.182. The molecule has 0 aliphatic carbocycles. The number of H-pyrrole nitrogens is 1. The lowest BCUT2D eigenvalue weighted by atomic mass is 9.96. The Morgan fingerprint density at radius 3 is 2.20 bits per heavy atom. The van der Waals surface area contributed by atoms with Crippen molar-refractivity contribution < 1.29 is 60.5 Å². The molecule has 4 N–H and O–H groups in total. The van der Waals surface area contributed by atoms with Crippen LogP contribution >= 0.6 is 0 Å². The average molecular weight is 669 g/mol. The molecule has 3 rings (SSSR count). The number of halogens is 6. The number of carbonyl (C=O) groups excluding carboxylic acids is 2. The summed E-state index contributed by atoms with van der Waals surface area (Å²) >= 11 is 0. The van der Waals surface area contributed by atoms with Crippen molar-refractivity contribution in [3.8, 4) is 17.0 Å². The second-order valence-corrected chi connectivity index (χ2v) is 10.5. The van der Waals surface area contributed by atoms with Gasteiger partial charge in [-0.15, -0.1) is 0 Å². The number of amides is 1. The smallest absolute Gasteiger partial charge is 0.490 e. The maximum absolute atomic E-state index is 13.0. The molecule has 1 saturated heterocycles. The number of nitrogens with zero attached hydrogens (tertiary/aromatic N) is 2. The highest BCUT2D eigenvalue weighted by molar-refractivity contribution is 5.79. The van der Waals surface area contributed by atoms with Gasteiger partial charge < -0.3 is 34.9 Å². The number of hydrogen-bond donors (Lipinski definition) is 4. The summed E-state index contributed by atoms with van der Waals surface area (Å²) in [6.45, 7) is 3.48. The minimum absolute atomic E-state index is 0.0155. The van der Waals surface area contributed by atoms with Crippen LogP contribution in [0.5, 0.6) is 5.75 Å². The molecule has 0 spiro atoms. The van der Waals surface area contributed by atoms with Crippen molar-refractivity contribution in [3.63, 3.8) is 0 Å². The molecule has 17 heteroatoms. The highest BCUT2D eigenvalue weighted by Gasteiger charge is 2.39. The number of ether oxygens (including phenoxy) is 1. The molecular weight excluding hydrogens is 630 g/mol. The third kappa shape index (κ3) is 15.2. The summed E-state index contributed by atoms with van der Waals surface area (Å²) in [4.78, 5) is 52.3. The molecule has 2 atom stereocenters. The number of hydrogen-bond acceptors (Lipinski definition) is 7. The van der Waals surface area contributed by atoms with Crippen LogP contribution in [0, 0.1) is 5.92 Å². The Hall–Kier alpha value is -4.15. The molecule has 1 aromatic heterocycles. The summed E-state index contributed by atoms with van der Waals surface area (Å²) in [6, 6.07) is 7.65. The second-order valence-electron chi connectivity index (χ2n) is 10.5. The van der Waals surface area contributed by atoms with Gasteiger partial charge in [0.05, 0.1) is 31.0 Å². The normalized spacial score (nSPS) is 15.7. The maximum atomic E-state index is 13.0. The summed E-state index contributed by atoms with van der Waals surface area (Å²) < 4.78 is 68.8. The number of benzene rings is 1. The van der Waals surface area contributed by atoms with Crippen LogP contribution in [0.3, 0.4) is 0 Å². The number of unbranched alkanes of at least 4 members (excludes halogenated alkanes) is 2. The van der Waals surface area contributed by atoms with Gasteiger partial charge in [0, 0.05) is 18.5 Å². The van der Waals surface area contributed by atoms with Crippen LogP contribution < -0.4 is 10.1 Å². The van der Waals surface area contributed by atoms with Crippen molar-refractivity contribution in [3.05, 3.63) is 36.3 Å². The van der Waals surface area contributed by atoms with E-state index < -0.39 is 24.3 Å². The molecule has 1 aliphatic heterocycles. The zero-order chi connectivity index (χ0) is 35.1. The number of methoxy groups -OCH3 is 1. The number of carboxylic acid groups (broad SMARTS) is 2. The number of likely N-dealkylation sites (tertiary alicyclic amines) is 1. The van der Waals surface area contributed by atoms with Crippen molar-refractivity contribution in [2.45, 2.75) is 70.3 Å². The number of rotatable bonds is 11. The summed E-state index contributed by atoms with van der Waals surface area (Å²) in [5.74, 6) is -3.61. The summed E-state index contributed by atoms with van der Waals surface area (Å²) in [7, 11) is 3.72. The van der Waals surface area contributed by atoms with E-state index in [0.717, 1.165) is 74.4 Å². The molecule has 0 radical (unpaired) electrons. The van der Waals surface area contributed by atoms with Crippen molar-refractivity contribution in [2.24, 2.45) is 5.92 Å². The van der Waals surface area contributed by atoms with E-state index in [1.807, 2.05) is 30.5 Å². The van der Waals surface area contributed by atoms with E-state index in [-0.39, 0.29) is 23.7 Å². The fourth-order valence-electron chi connectivity index (χ4n) is 4.30. The zero-order valence-corrected chi connectivity index (χ0v) is 25.5. The van der Waals surface area contributed by atoms with Crippen LogP contribution in [0.1, 0.15) is 63.7 Å². The molecule has 46 heavy (non-hydrogen) atoms. The lowest BCUT2D eigenvalue weighted by molar-refractivity contribution is -0.193. The number of carbonyl (C=O) groups is 4. The number of aromatic amines is 1. The molecule has 0 bridgehead atoms. The number of Topliss-reactive ketones (excluding diaryl/α,β-unsaturated/α-hetero) is 1. The number of imidazole rings is 1. The molecule has 11 nitrogen and oxygen atoms in total.